The summed E-state index contributed by atoms with van der Waals surface area (Å²) in [6.07, 6.45) is 0.0257. The standard InChI is InChI=1S/C21H21NO3/c1-3-20(21(23)22-17-9-12-18(24-2)13-10-17)25-19-11-8-15-6-4-5-7-16(15)14-19/h4-14,20H,3H2,1-2H3,(H,22,23)/t20-/m0/s1. The molecule has 128 valence electrons. The molecule has 0 saturated heterocycles. The van der Waals surface area contributed by atoms with Crippen LogP contribution in [0.5, 0.6) is 11.5 Å². The van der Waals surface area contributed by atoms with Gasteiger partial charge in [-0.2, -0.15) is 0 Å². The number of hydrogen-bond acceptors (Lipinski definition) is 3. The highest BCUT2D eigenvalue weighted by Crippen LogP contribution is 2.22. The van der Waals surface area contributed by atoms with E-state index in [0.29, 0.717) is 17.9 Å². The molecule has 3 aromatic carbocycles. The van der Waals surface area contributed by atoms with Crippen LogP contribution in [0.2, 0.25) is 0 Å². The Hall–Kier alpha value is -3.01. The molecular formula is C21H21NO3. The third kappa shape index (κ3) is 4.10. The number of amides is 1. The van der Waals surface area contributed by atoms with Crippen molar-refractivity contribution in [2.75, 3.05) is 12.4 Å². The van der Waals surface area contributed by atoms with E-state index in [4.69, 9.17) is 9.47 Å². The molecule has 1 N–H and O–H groups in total. The predicted molar refractivity (Wildman–Crippen MR) is 100 cm³/mol. The zero-order valence-corrected chi connectivity index (χ0v) is 14.4. The van der Waals surface area contributed by atoms with Gasteiger partial charge in [-0.1, -0.05) is 37.3 Å². The molecule has 0 aromatic heterocycles. The number of ether oxygens (including phenoxy) is 2. The number of nitrogens with one attached hydrogen (secondary N) is 1. The van der Waals surface area contributed by atoms with Crippen LogP contribution in [0.15, 0.2) is 66.7 Å². The SMILES string of the molecule is CC[C@H](Oc1ccc2ccccc2c1)C(=O)Nc1ccc(OC)cc1. The topological polar surface area (TPSA) is 47.6 Å². The fourth-order valence-electron chi connectivity index (χ4n) is 2.62. The Labute approximate surface area is 147 Å². The number of rotatable bonds is 6. The van der Waals surface area contributed by atoms with E-state index in [2.05, 4.69) is 5.32 Å². The van der Waals surface area contributed by atoms with Crippen molar-refractivity contribution in [3.05, 3.63) is 66.7 Å². The van der Waals surface area contributed by atoms with Gasteiger partial charge in [0.25, 0.3) is 5.91 Å². The summed E-state index contributed by atoms with van der Waals surface area (Å²) in [6.45, 7) is 1.93. The van der Waals surface area contributed by atoms with E-state index in [1.807, 2.05) is 49.4 Å². The predicted octanol–water partition coefficient (Wildman–Crippen LogP) is 4.64. The van der Waals surface area contributed by atoms with E-state index in [9.17, 15) is 4.79 Å². The minimum Gasteiger partial charge on any atom is -0.497 e. The Kier molecular flexibility index (Phi) is 5.19. The van der Waals surface area contributed by atoms with Gasteiger partial charge in [-0.3, -0.25) is 4.79 Å². The summed E-state index contributed by atoms with van der Waals surface area (Å²) in [5.41, 5.74) is 0.714. The molecule has 4 nitrogen and oxygen atoms in total. The molecule has 1 amide bonds. The van der Waals surface area contributed by atoms with Crippen molar-refractivity contribution in [1.29, 1.82) is 0 Å². The molecule has 0 spiro atoms. The highest BCUT2D eigenvalue weighted by atomic mass is 16.5. The van der Waals surface area contributed by atoms with Crippen LogP contribution in [-0.4, -0.2) is 19.1 Å². The molecule has 0 aliphatic heterocycles. The molecule has 3 aromatic rings. The third-order valence-electron chi connectivity index (χ3n) is 4.02. The van der Waals surface area contributed by atoms with Gasteiger partial charge < -0.3 is 14.8 Å². The lowest BCUT2D eigenvalue weighted by Crippen LogP contribution is -2.32. The van der Waals surface area contributed by atoms with Crippen molar-refractivity contribution >= 4 is 22.4 Å². The molecule has 4 heteroatoms. The molecule has 1 atom stereocenters. The van der Waals surface area contributed by atoms with E-state index in [1.54, 1.807) is 31.4 Å². The number of benzene rings is 3. The molecule has 0 heterocycles. The van der Waals surface area contributed by atoms with Crippen LogP contribution in [0.4, 0.5) is 5.69 Å². The second kappa shape index (κ2) is 7.71. The summed E-state index contributed by atoms with van der Waals surface area (Å²) >= 11 is 0. The fraction of sp³-hybridized carbons (Fsp3) is 0.190. The molecule has 0 aliphatic rings. The first-order chi connectivity index (χ1) is 12.2. The lowest BCUT2D eigenvalue weighted by molar-refractivity contribution is -0.122. The van der Waals surface area contributed by atoms with Crippen LogP contribution < -0.4 is 14.8 Å². The van der Waals surface area contributed by atoms with Gasteiger partial charge in [0.05, 0.1) is 7.11 Å². The van der Waals surface area contributed by atoms with Crippen molar-refractivity contribution in [3.63, 3.8) is 0 Å². The second-order valence-corrected chi connectivity index (χ2v) is 5.74. The van der Waals surface area contributed by atoms with Crippen LogP contribution in [0.3, 0.4) is 0 Å². The fourth-order valence-corrected chi connectivity index (χ4v) is 2.62. The second-order valence-electron chi connectivity index (χ2n) is 5.74. The number of methoxy groups -OCH3 is 1. The first-order valence-electron chi connectivity index (χ1n) is 8.30. The molecule has 0 radical (unpaired) electrons. The van der Waals surface area contributed by atoms with Crippen molar-refractivity contribution in [2.24, 2.45) is 0 Å². The van der Waals surface area contributed by atoms with Crippen LogP contribution in [-0.2, 0) is 4.79 Å². The lowest BCUT2D eigenvalue weighted by Gasteiger charge is -2.18. The Morgan fingerprint density at radius 1 is 0.960 bits per heavy atom. The summed E-state index contributed by atoms with van der Waals surface area (Å²) < 4.78 is 11.0. The zero-order valence-electron chi connectivity index (χ0n) is 14.4. The van der Waals surface area contributed by atoms with Crippen molar-refractivity contribution in [3.8, 4) is 11.5 Å². The monoisotopic (exact) mass is 335 g/mol. The molecular weight excluding hydrogens is 314 g/mol. The number of hydrogen-bond donors (Lipinski definition) is 1. The highest BCUT2D eigenvalue weighted by Gasteiger charge is 2.18. The van der Waals surface area contributed by atoms with E-state index in [-0.39, 0.29) is 5.91 Å². The lowest BCUT2D eigenvalue weighted by atomic mass is 10.1. The number of anilines is 1. The third-order valence-corrected chi connectivity index (χ3v) is 4.02. The van der Waals surface area contributed by atoms with Gasteiger partial charge >= 0.3 is 0 Å². The number of fused-ring (bicyclic) bond motifs is 1. The molecule has 25 heavy (non-hydrogen) atoms. The maximum atomic E-state index is 12.5. The van der Waals surface area contributed by atoms with Gasteiger partial charge in [-0.05, 0) is 53.6 Å². The minimum absolute atomic E-state index is 0.166. The van der Waals surface area contributed by atoms with Gasteiger partial charge in [0.2, 0.25) is 0 Å². The smallest absolute Gasteiger partial charge is 0.265 e. The minimum atomic E-state index is -0.553. The number of carbonyl (C=O) groups is 1. The van der Waals surface area contributed by atoms with Crippen LogP contribution >= 0.6 is 0 Å². The van der Waals surface area contributed by atoms with Gasteiger partial charge in [-0.25, -0.2) is 0 Å². The maximum absolute atomic E-state index is 12.5. The van der Waals surface area contributed by atoms with Gasteiger partial charge in [0.1, 0.15) is 11.5 Å². The van der Waals surface area contributed by atoms with Crippen molar-refractivity contribution < 1.29 is 14.3 Å². The Balaban J connectivity index is 1.70. The first kappa shape index (κ1) is 16.8. The Morgan fingerprint density at radius 3 is 2.32 bits per heavy atom. The average Bonchev–Trinajstić information content (AvgIpc) is 2.66. The molecule has 0 unspecified atom stereocenters. The molecule has 0 bridgehead atoms. The van der Waals surface area contributed by atoms with E-state index < -0.39 is 6.10 Å². The maximum Gasteiger partial charge on any atom is 0.265 e. The van der Waals surface area contributed by atoms with Gasteiger partial charge in [0, 0.05) is 5.69 Å². The molecule has 0 saturated carbocycles. The van der Waals surface area contributed by atoms with Crippen molar-refractivity contribution in [2.45, 2.75) is 19.4 Å². The van der Waals surface area contributed by atoms with Crippen LogP contribution in [0.25, 0.3) is 10.8 Å². The molecule has 0 aliphatic carbocycles. The van der Waals surface area contributed by atoms with Gasteiger partial charge in [0.15, 0.2) is 6.10 Å². The van der Waals surface area contributed by atoms with E-state index in [0.717, 1.165) is 16.5 Å². The molecule has 3 rings (SSSR count). The highest BCUT2D eigenvalue weighted by molar-refractivity contribution is 5.94. The summed E-state index contributed by atoms with van der Waals surface area (Å²) in [5, 5.41) is 5.11. The summed E-state index contributed by atoms with van der Waals surface area (Å²) in [5.74, 6) is 1.27. The first-order valence-corrected chi connectivity index (χ1v) is 8.30. The van der Waals surface area contributed by atoms with E-state index in [1.165, 1.54) is 0 Å². The number of carbonyl (C=O) groups excluding carboxylic acids is 1. The summed E-state index contributed by atoms with van der Waals surface area (Å²) in [6, 6.07) is 21.1. The largest absolute Gasteiger partial charge is 0.497 e. The van der Waals surface area contributed by atoms with Gasteiger partial charge in [-0.15, -0.1) is 0 Å². The average molecular weight is 335 g/mol. The van der Waals surface area contributed by atoms with E-state index >= 15 is 0 Å². The molecule has 0 fully saturated rings. The summed E-state index contributed by atoms with van der Waals surface area (Å²) in [7, 11) is 1.61. The Bertz CT molecular complexity index is 858. The van der Waals surface area contributed by atoms with Crippen LogP contribution in [0.1, 0.15) is 13.3 Å². The van der Waals surface area contributed by atoms with Crippen LogP contribution in [0, 0.1) is 0 Å². The zero-order chi connectivity index (χ0) is 17.6. The summed E-state index contributed by atoms with van der Waals surface area (Å²) in [4.78, 5) is 12.5. The normalized spacial score (nSPS) is 11.8. The van der Waals surface area contributed by atoms with Crippen molar-refractivity contribution in [1.82, 2.24) is 0 Å². The Morgan fingerprint density at radius 2 is 1.64 bits per heavy atom. The quantitative estimate of drug-likeness (QED) is 0.713.